The van der Waals surface area contributed by atoms with Gasteiger partial charge in [0.15, 0.2) is 0 Å². The van der Waals surface area contributed by atoms with Gasteiger partial charge in [0.25, 0.3) is 5.91 Å². The summed E-state index contributed by atoms with van der Waals surface area (Å²) in [5.74, 6) is -0.273. The molecular weight excluding hydrogens is 316 g/mol. The zero-order chi connectivity index (χ0) is 18.1. The fourth-order valence-corrected chi connectivity index (χ4v) is 2.56. The average molecular weight is 338 g/mol. The number of nitroso groups, excluding NO2 is 1. The standard InChI is InChI=1S/C19H22N4O2/c1-14(20)19(17-5-3-2-4-6-17)21-13-16-9-7-15(8-10-16)11-12-18(24)22-23-25/h2-5,7-12,17,21H,6,13,20H2,1H3,(H,22,24,25)/b12-11+,19-14+/t17-/m1/s1. The van der Waals surface area contributed by atoms with Crippen LogP contribution in [0.4, 0.5) is 0 Å². The molecule has 0 heterocycles. The van der Waals surface area contributed by atoms with E-state index >= 15 is 0 Å². The first-order valence-corrected chi connectivity index (χ1v) is 8.03. The first kappa shape index (κ1) is 18.2. The highest BCUT2D eigenvalue weighted by Gasteiger charge is 2.13. The lowest BCUT2D eigenvalue weighted by Crippen LogP contribution is -2.23. The van der Waals surface area contributed by atoms with Crippen molar-refractivity contribution in [3.05, 3.63) is 82.1 Å². The van der Waals surface area contributed by atoms with Crippen molar-refractivity contribution in [3.8, 4) is 0 Å². The monoisotopic (exact) mass is 338 g/mol. The number of rotatable bonds is 7. The van der Waals surface area contributed by atoms with Crippen LogP contribution >= 0.6 is 0 Å². The normalized spacial score (nSPS) is 17.2. The highest BCUT2D eigenvalue weighted by molar-refractivity contribution is 5.91. The molecule has 1 aromatic rings. The average Bonchev–Trinajstić information content (AvgIpc) is 2.62. The maximum Gasteiger partial charge on any atom is 0.266 e. The Kier molecular flexibility index (Phi) is 6.71. The maximum absolute atomic E-state index is 11.1. The summed E-state index contributed by atoms with van der Waals surface area (Å²) >= 11 is 0. The van der Waals surface area contributed by atoms with E-state index in [1.165, 1.54) is 6.08 Å². The lowest BCUT2D eigenvalue weighted by molar-refractivity contribution is -0.116. The SMILES string of the molecule is C/C(N)=C(\NCc1ccc(/C=C/C(=O)NN=O)cc1)[C@@H]1C=CC=CC1. The molecule has 130 valence electrons. The maximum atomic E-state index is 11.1. The van der Waals surface area contributed by atoms with Crippen molar-refractivity contribution in [2.45, 2.75) is 19.9 Å². The van der Waals surface area contributed by atoms with Gasteiger partial charge in [-0.25, -0.2) is 5.43 Å². The number of carbonyl (C=O) groups excluding carboxylic acids is 1. The van der Waals surface area contributed by atoms with Gasteiger partial charge in [0.2, 0.25) is 0 Å². The minimum absolute atomic E-state index is 0.280. The lowest BCUT2D eigenvalue weighted by Gasteiger charge is -2.21. The molecule has 0 unspecified atom stereocenters. The van der Waals surface area contributed by atoms with Crippen molar-refractivity contribution >= 4 is 12.0 Å². The van der Waals surface area contributed by atoms with Crippen molar-refractivity contribution < 1.29 is 4.79 Å². The highest BCUT2D eigenvalue weighted by atomic mass is 16.3. The van der Waals surface area contributed by atoms with E-state index in [1.807, 2.05) is 48.8 Å². The van der Waals surface area contributed by atoms with Gasteiger partial charge < -0.3 is 11.1 Å². The summed E-state index contributed by atoms with van der Waals surface area (Å²) < 4.78 is 0. The van der Waals surface area contributed by atoms with Gasteiger partial charge in [-0.2, -0.15) is 0 Å². The van der Waals surface area contributed by atoms with E-state index in [2.05, 4.69) is 22.8 Å². The number of hydrogen-bond donors (Lipinski definition) is 3. The van der Waals surface area contributed by atoms with E-state index in [9.17, 15) is 9.70 Å². The Hall–Kier alpha value is -3.15. The smallest absolute Gasteiger partial charge is 0.266 e. The predicted molar refractivity (Wildman–Crippen MR) is 99.5 cm³/mol. The third-order valence-electron chi connectivity index (χ3n) is 3.82. The molecule has 0 aliphatic heterocycles. The Morgan fingerprint density at radius 1 is 1.32 bits per heavy atom. The number of nitrogens with zero attached hydrogens (tertiary/aromatic N) is 1. The Morgan fingerprint density at radius 2 is 2.08 bits per heavy atom. The summed E-state index contributed by atoms with van der Waals surface area (Å²) in [5.41, 5.74) is 11.6. The van der Waals surface area contributed by atoms with Crippen molar-refractivity contribution in [2.24, 2.45) is 16.9 Å². The van der Waals surface area contributed by atoms with E-state index in [1.54, 1.807) is 6.08 Å². The first-order valence-electron chi connectivity index (χ1n) is 8.03. The molecule has 1 amide bonds. The Balaban J connectivity index is 1.95. The number of nitrogens with one attached hydrogen (secondary N) is 2. The molecule has 0 saturated heterocycles. The number of carbonyl (C=O) groups is 1. The van der Waals surface area contributed by atoms with Gasteiger partial charge >= 0.3 is 0 Å². The molecule has 0 bridgehead atoms. The van der Waals surface area contributed by atoms with Gasteiger partial charge in [-0.15, -0.1) is 4.91 Å². The number of nitrogens with two attached hydrogens (primary N) is 1. The lowest BCUT2D eigenvalue weighted by atomic mass is 9.95. The van der Waals surface area contributed by atoms with Crippen LogP contribution in [-0.4, -0.2) is 5.91 Å². The molecule has 6 nitrogen and oxygen atoms in total. The molecule has 2 rings (SSSR count). The van der Waals surface area contributed by atoms with Crippen LogP contribution < -0.4 is 16.5 Å². The molecule has 1 aliphatic carbocycles. The second kappa shape index (κ2) is 9.22. The highest BCUT2D eigenvalue weighted by Crippen LogP contribution is 2.21. The number of benzene rings is 1. The fourth-order valence-electron chi connectivity index (χ4n) is 2.56. The topological polar surface area (TPSA) is 96.6 Å². The molecule has 0 radical (unpaired) electrons. The predicted octanol–water partition coefficient (Wildman–Crippen LogP) is 2.91. The van der Waals surface area contributed by atoms with Gasteiger partial charge in [0, 0.05) is 29.9 Å². The minimum atomic E-state index is -0.552. The van der Waals surface area contributed by atoms with Gasteiger partial charge in [-0.3, -0.25) is 4.79 Å². The molecule has 1 aromatic carbocycles. The largest absolute Gasteiger partial charge is 0.401 e. The Bertz CT molecular complexity index is 726. The van der Waals surface area contributed by atoms with Crippen LogP contribution in [0.25, 0.3) is 6.08 Å². The molecule has 0 spiro atoms. The van der Waals surface area contributed by atoms with Crippen LogP contribution in [0.2, 0.25) is 0 Å². The van der Waals surface area contributed by atoms with Crippen LogP contribution in [-0.2, 0) is 11.3 Å². The first-order chi connectivity index (χ1) is 12.1. The number of allylic oxidation sites excluding steroid dienone is 5. The molecule has 4 N–H and O–H groups in total. The molecule has 1 atom stereocenters. The number of hydrogen-bond acceptors (Lipinski definition) is 5. The minimum Gasteiger partial charge on any atom is -0.401 e. The van der Waals surface area contributed by atoms with E-state index < -0.39 is 5.91 Å². The molecule has 0 aromatic heterocycles. The van der Waals surface area contributed by atoms with E-state index in [-0.39, 0.29) is 5.92 Å². The molecule has 6 heteroatoms. The van der Waals surface area contributed by atoms with Gasteiger partial charge in [-0.05, 0) is 30.5 Å². The zero-order valence-corrected chi connectivity index (χ0v) is 14.1. The van der Waals surface area contributed by atoms with Crippen LogP contribution in [0.1, 0.15) is 24.5 Å². The Morgan fingerprint density at radius 3 is 2.68 bits per heavy atom. The molecule has 25 heavy (non-hydrogen) atoms. The van der Waals surface area contributed by atoms with Crippen molar-refractivity contribution in [1.82, 2.24) is 10.7 Å². The summed E-state index contributed by atoms with van der Waals surface area (Å²) in [6.07, 6.45) is 12.2. The summed E-state index contributed by atoms with van der Waals surface area (Å²) in [4.78, 5) is 21.1. The third kappa shape index (κ3) is 5.76. The van der Waals surface area contributed by atoms with Crippen molar-refractivity contribution in [3.63, 3.8) is 0 Å². The summed E-state index contributed by atoms with van der Waals surface area (Å²) in [6, 6.07) is 7.75. The van der Waals surface area contributed by atoms with Crippen molar-refractivity contribution in [1.29, 1.82) is 0 Å². The van der Waals surface area contributed by atoms with Gasteiger partial charge in [-0.1, -0.05) is 48.6 Å². The molecular formula is C19H22N4O2. The van der Waals surface area contributed by atoms with Crippen LogP contribution in [0.3, 0.4) is 0 Å². The van der Waals surface area contributed by atoms with Crippen LogP contribution in [0.15, 0.2) is 71.3 Å². The summed E-state index contributed by atoms with van der Waals surface area (Å²) in [6.45, 7) is 2.57. The second-order valence-electron chi connectivity index (χ2n) is 5.75. The summed E-state index contributed by atoms with van der Waals surface area (Å²) in [5, 5.41) is 5.75. The van der Waals surface area contributed by atoms with E-state index in [0.29, 0.717) is 6.54 Å². The van der Waals surface area contributed by atoms with E-state index in [0.717, 1.165) is 28.9 Å². The quantitative estimate of drug-likeness (QED) is 0.404. The van der Waals surface area contributed by atoms with E-state index in [4.69, 9.17) is 5.73 Å². The number of amides is 1. The molecule has 0 saturated carbocycles. The summed E-state index contributed by atoms with van der Waals surface area (Å²) in [7, 11) is 0. The van der Waals surface area contributed by atoms with Crippen LogP contribution in [0.5, 0.6) is 0 Å². The Labute approximate surface area is 147 Å². The van der Waals surface area contributed by atoms with Gasteiger partial charge in [0.1, 0.15) is 0 Å². The fraction of sp³-hybridized carbons (Fsp3) is 0.211. The van der Waals surface area contributed by atoms with Crippen LogP contribution in [0, 0.1) is 10.8 Å². The van der Waals surface area contributed by atoms with Crippen molar-refractivity contribution in [2.75, 3.05) is 0 Å². The molecule has 0 fully saturated rings. The zero-order valence-electron chi connectivity index (χ0n) is 14.1. The third-order valence-corrected chi connectivity index (χ3v) is 3.82. The molecule has 1 aliphatic rings. The van der Waals surface area contributed by atoms with Gasteiger partial charge in [0.05, 0.1) is 5.29 Å². The second-order valence-corrected chi connectivity index (χ2v) is 5.75.